The molecule has 0 bridgehead atoms. The Kier molecular flexibility index (Phi) is 6.73. The zero-order valence-electron chi connectivity index (χ0n) is 13.0. The van der Waals surface area contributed by atoms with E-state index in [2.05, 4.69) is 4.84 Å². The molecule has 0 radical (unpaired) electrons. The van der Waals surface area contributed by atoms with Crippen LogP contribution in [0, 0.1) is 0 Å². The van der Waals surface area contributed by atoms with Gasteiger partial charge in [-0.25, -0.2) is 14.3 Å². The highest BCUT2D eigenvalue weighted by Crippen LogP contribution is 2.15. The van der Waals surface area contributed by atoms with Gasteiger partial charge in [0.1, 0.15) is 0 Å². The van der Waals surface area contributed by atoms with Crippen LogP contribution in [-0.2, 0) is 28.0 Å². The van der Waals surface area contributed by atoms with Crippen LogP contribution in [-0.4, -0.2) is 25.1 Å². The molecule has 0 spiro atoms. The molecule has 0 amide bonds. The lowest BCUT2D eigenvalue weighted by molar-refractivity contribution is 0.139. The van der Waals surface area contributed by atoms with E-state index in [9.17, 15) is 8.42 Å². The van der Waals surface area contributed by atoms with Crippen LogP contribution in [0.2, 0.25) is 0 Å². The molecule has 23 heavy (non-hydrogen) atoms. The maximum atomic E-state index is 12.6. The molecule has 6 heteroatoms. The fraction of sp³-hybridized carbons (Fsp3) is 0.294. The van der Waals surface area contributed by atoms with E-state index in [-0.39, 0.29) is 12.4 Å². The molecule has 0 saturated heterocycles. The molecule has 0 heterocycles. The summed E-state index contributed by atoms with van der Waals surface area (Å²) in [5.41, 5.74) is 1.92. The van der Waals surface area contributed by atoms with Gasteiger partial charge in [-0.1, -0.05) is 60.7 Å². The van der Waals surface area contributed by atoms with Crippen molar-refractivity contribution in [2.75, 3.05) is 12.4 Å². The highest BCUT2D eigenvalue weighted by molar-refractivity contribution is 7.89. The van der Waals surface area contributed by atoms with Crippen LogP contribution in [0.5, 0.6) is 0 Å². The first kappa shape index (κ1) is 17.6. The molecule has 0 unspecified atom stereocenters. The van der Waals surface area contributed by atoms with Gasteiger partial charge in [0.05, 0.1) is 12.4 Å². The number of nitrogens with two attached hydrogens (primary N) is 1. The van der Waals surface area contributed by atoms with Crippen molar-refractivity contribution in [1.82, 2.24) is 4.31 Å². The molecule has 124 valence electrons. The van der Waals surface area contributed by atoms with Gasteiger partial charge in [0.25, 0.3) is 0 Å². The maximum absolute atomic E-state index is 12.6. The van der Waals surface area contributed by atoms with Crippen molar-refractivity contribution in [3.05, 3.63) is 71.8 Å². The first-order valence-corrected chi connectivity index (χ1v) is 9.10. The molecule has 2 N–H and O–H groups in total. The van der Waals surface area contributed by atoms with Gasteiger partial charge in [0, 0.05) is 13.1 Å². The Bertz CT molecular complexity index is 634. The van der Waals surface area contributed by atoms with Gasteiger partial charge in [-0.2, -0.15) is 4.31 Å². The smallest absolute Gasteiger partial charge is 0.214 e. The molecule has 5 nitrogen and oxygen atoms in total. The van der Waals surface area contributed by atoms with Crippen LogP contribution in [0.15, 0.2) is 60.7 Å². The van der Waals surface area contributed by atoms with Crippen LogP contribution in [0.1, 0.15) is 17.5 Å². The normalized spacial score (nSPS) is 11.7. The Morgan fingerprint density at radius 2 is 1.35 bits per heavy atom. The fourth-order valence-corrected chi connectivity index (χ4v) is 3.71. The third-order valence-corrected chi connectivity index (χ3v) is 5.31. The standard InChI is InChI=1S/C17H22N2O3S/c18-22-12-7-13-23(20,21)19(14-16-8-3-1-4-9-16)15-17-10-5-2-6-11-17/h1-6,8-11H,7,12-15,18H2. The van der Waals surface area contributed by atoms with Crippen LogP contribution < -0.4 is 5.90 Å². The van der Waals surface area contributed by atoms with Crippen LogP contribution in [0.3, 0.4) is 0 Å². The third kappa shape index (κ3) is 5.76. The summed E-state index contributed by atoms with van der Waals surface area (Å²) in [4.78, 5) is 4.47. The average molecular weight is 334 g/mol. The second-order valence-electron chi connectivity index (χ2n) is 5.28. The van der Waals surface area contributed by atoms with E-state index in [1.807, 2.05) is 60.7 Å². The van der Waals surface area contributed by atoms with Crippen molar-refractivity contribution in [2.24, 2.45) is 5.90 Å². The van der Waals surface area contributed by atoms with Gasteiger partial charge in [-0.05, 0) is 17.5 Å². The van der Waals surface area contributed by atoms with E-state index in [0.717, 1.165) is 11.1 Å². The first-order chi connectivity index (χ1) is 11.1. The molecular formula is C17H22N2O3S. The molecular weight excluding hydrogens is 312 g/mol. The lowest BCUT2D eigenvalue weighted by Crippen LogP contribution is -2.32. The van der Waals surface area contributed by atoms with Crippen LogP contribution >= 0.6 is 0 Å². The summed E-state index contributed by atoms with van der Waals surface area (Å²) >= 11 is 0. The SMILES string of the molecule is NOCCCS(=O)(=O)N(Cc1ccccc1)Cc1ccccc1. The monoisotopic (exact) mass is 334 g/mol. The van der Waals surface area contributed by atoms with E-state index < -0.39 is 10.0 Å². The molecule has 2 aromatic rings. The van der Waals surface area contributed by atoms with Crippen molar-refractivity contribution >= 4 is 10.0 Å². The highest BCUT2D eigenvalue weighted by atomic mass is 32.2. The van der Waals surface area contributed by atoms with Gasteiger partial charge in [0.2, 0.25) is 10.0 Å². The largest absolute Gasteiger partial charge is 0.305 e. The molecule has 0 atom stereocenters. The van der Waals surface area contributed by atoms with Gasteiger partial charge in [-0.3, -0.25) is 0 Å². The molecule has 2 rings (SSSR count). The number of hydrogen-bond acceptors (Lipinski definition) is 4. The third-order valence-electron chi connectivity index (χ3n) is 3.46. The van der Waals surface area contributed by atoms with E-state index in [1.54, 1.807) is 0 Å². The molecule has 0 aliphatic rings. The zero-order valence-corrected chi connectivity index (χ0v) is 13.8. The number of sulfonamides is 1. The molecule has 0 aliphatic heterocycles. The summed E-state index contributed by atoms with van der Waals surface area (Å²) in [6.45, 7) is 0.923. The summed E-state index contributed by atoms with van der Waals surface area (Å²) in [6, 6.07) is 19.2. The maximum Gasteiger partial charge on any atom is 0.214 e. The lowest BCUT2D eigenvalue weighted by atomic mass is 10.2. The van der Waals surface area contributed by atoms with Crippen molar-refractivity contribution in [3.8, 4) is 0 Å². The molecule has 0 aliphatic carbocycles. The minimum Gasteiger partial charge on any atom is -0.305 e. The second kappa shape index (κ2) is 8.79. The lowest BCUT2D eigenvalue weighted by Gasteiger charge is -2.22. The van der Waals surface area contributed by atoms with Crippen molar-refractivity contribution in [3.63, 3.8) is 0 Å². The van der Waals surface area contributed by atoms with Gasteiger partial charge < -0.3 is 4.84 Å². The van der Waals surface area contributed by atoms with Crippen molar-refractivity contribution in [2.45, 2.75) is 19.5 Å². The summed E-state index contributed by atoms with van der Waals surface area (Å²) in [5.74, 6) is 4.99. The summed E-state index contributed by atoms with van der Waals surface area (Å²) in [5, 5.41) is 0. The Balaban J connectivity index is 2.16. The van der Waals surface area contributed by atoms with Gasteiger partial charge >= 0.3 is 0 Å². The number of rotatable bonds is 9. The molecule has 0 saturated carbocycles. The number of hydrogen-bond donors (Lipinski definition) is 1. The van der Waals surface area contributed by atoms with E-state index in [0.29, 0.717) is 19.5 Å². The Morgan fingerprint density at radius 1 is 0.870 bits per heavy atom. The fourth-order valence-electron chi connectivity index (χ4n) is 2.28. The number of benzene rings is 2. The van der Waals surface area contributed by atoms with Crippen LogP contribution in [0.4, 0.5) is 0 Å². The van der Waals surface area contributed by atoms with E-state index in [1.165, 1.54) is 4.31 Å². The second-order valence-corrected chi connectivity index (χ2v) is 7.37. The highest BCUT2D eigenvalue weighted by Gasteiger charge is 2.22. The average Bonchev–Trinajstić information content (AvgIpc) is 2.56. The predicted octanol–water partition coefficient (Wildman–Crippen LogP) is 2.30. The topological polar surface area (TPSA) is 72.6 Å². The minimum atomic E-state index is -3.39. The van der Waals surface area contributed by atoms with Crippen molar-refractivity contribution in [1.29, 1.82) is 0 Å². The summed E-state index contributed by atoms with van der Waals surface area (Å²) in [6.07, 6.45) is 0.374. The molecule has 0 aromatic heterocycles. The van der Waals surface area contributed by atoms with Gasteiger partial charge in [-0.15, -0.1) is 0 Å². The predicted molar refractivity (Wildman–Crippen MR) is 90.7 cm³/mol. The first-order valence-electron chi connectivity index (χ1n) is 7.49. The number of nitrogens with zero attached hydrogens (tertiary/aromatic N) is 1. The quantitative estimate of drug-likeness (QED) is 0.564. The Labute approximate surface area is 137 Å². The van der Waals surface area contributed by atoms with Gasteiger partial charge in [0.15, 0.2) is 0 Å². The summed E-state index contributed by atoms with van der Waals surface area (Å²) in [7, 11) is -3.39. The molecule has 2 aromatic carbocycles. The zero-order chi connectivity index (χ0) is 16.5. The van der Waals surface area contributed by atoms with E-state index in [4.69, 9.17) is 5.90 Å². The van der Waals surface area contributed by atoms with Crippen LogP contribution in [0.25, 0.3) is 0 Å². The Hall–Kier alpha value is -1.73. The minimum absolute atomic E-state index is 0.0177. The Morgan fingerprint density at radius 3 is 1.78 bits per heavy atom. The van der Waals surface area contributed by atoms with Crippen molar-refractivity contribution < 1.29 is 13.3 Å². The molecule has 0 fully saturated rings. The summed E-state index contributed by atoms with van der Waals surface area (Å²) < 4.78 is 26.8. The van der Waals surface area contributed by atoms with E-state index >= 15 is 0 Å².